The molecule has 0 spiro atoms. The normalized spacial score (nSPS) is 15.2. The minimum absolute atomic E-state index is 0.0274. The largest absolute Gasteiger partial charge is 0.337 e. The maximum absolute atomic E-state index is 11.8. The molecule has 0 aliphatic carbocycles. The highest BCUT2D eigenvalue weighted by atomic mass is 16.6. The van der Waals surface area contributed by atoms with E-state index in [0.717, 1.165) is 46.0 Å². The predicted molar refractivity (Wildman–Crippen MR) is 166 cm³/mol. The second kappa shape index (κ2) is 10.1. The Morgan fingerprint density at radius 2 is 1.67 bits per heavy atom. The average Bonchev–Trinajstić information content (AvgIpc) is 3.36. The number of aryl methyl sites for hydroxylation is 2. The monoisotopic (exact) mass is 553 g/mol. The lowest BCUT2D eigenvalue weighted by Gasteiger charge is -2.40. The Morgan fingerprint density at radius 3 is 2.43 bits per heavy atom. The highest BCUT2D eigenvalue weighted by molar-refractivity contribution is 6.51. The van der Waals surface area contributed by atoms with E-state index in [1.54, 1.807) is 12.1 Å². The second-order valence-corrected chi connectivity index (χ2v) is 10.3. The number of benzene rings is 4. The van der Waals surface area contributed by atoms with Gasteiger partial charge in [0.2, 0.25) is 0 Å². The lowest BCUT2D eigenvalue weighted by atomic mass is 9.93. The van der Waals surface area contributed by atoms with Crippen LogP contribution in [0.1, 0.15) is 35.3 Å². The smallest absolute Gasteiger partial charge is 0.269 e. The van der Waals surface area contributed by atoms with Crippen LogP contribution in [0.15, 0.2) is 113 Å². The van der Waals surface area contributed by atoms with Crippen LogP contribution in [0.5, 0.6) is 0 Å². The minimum atomic E-state index is -0.444. The van der Waals surface area contributed by atoms with Crippen LogP contribution in [0.2, 0.25) is 0 Å². The molecule has 2 aliphatic rings. The van der Waals surface area contributed by atoms with Crippen LogP contribution in [0.4, 0.5) is 28.6 Å². The standard InChI is InChI=1S/C33H27N7O2/c1-3-22-16-18-24(19-17-22)34-31-33-36-32-29(21(2)37-39(32)25-11-5-4-6-12-25)30(23-10-9-13-26(20-23)40(41)42)38(33)28-15-8-7-14-27(28)35-31/h4-20,30H,3H2,1-2H3,(H,34,35). The summed E-state index contributed by atoms with van der Waals surface area (Å²) in [6, 6.07) is 32.4. The summed E-state index contributed by atoms with van der Waals surface area (Å²) < 4.78 is 1.84. The summed E-state index contributed by atoms with van der Waals surface area (Å²) in [5.74, 6) is 1.85. The summed E-state index contributed by atoms with van der Waals surface area (Å²) in [5, 5.41) is 20.3. The SMILES string of the molecule is CCc1ccc(NC2=Nc3ccccc3N3C2=Nc2c(c(C)nn2-c2ccccc2)C3c2cccc([N+](=O)[O-])c2)cc1. The number of aliphatic imine (C=N–C) groups is 2. The van der Waals surface area contributed by atoms with Crippen molar-refractivity contribution in [3.8, 4) is 5.69 Å². The molecule has 7 rings (SSSR count). The number of nitro groups is 1. The molecule has 1 unspecified atom stereocenters. The van der Waals surface area contributed by atoms with Crippen LogP contribution in [0.25, 0.3) is 5.69 Å². The van der Waals surface area contributed by atoms with Crippen LogP contribution in [-0.4, -0.2) is 26.4 Å². The van der Waals surface area contributed by atoms with Gasteiger partial charge in [-0.1, -0.05) is 61.5 Å². The lowest BCUT2D eigenvalue weighted by molar-refractivity contribution is -0.384. The molecule has 2 aliphatic heterocycles. The Hall–Kier alpha value is -5.57. The van der Waals surface area contributed by atoms with E-state index < -0.39 is 6.04 Å². The number of fused-ring (bicyclic) bond motifs is 4. The number of nitrogens with one attached hydrogen (secondary N) is 1. The third-order valence-electron chi connectivity index (χ3n) is 7.66. The van der Waals surface area contributed by atoms with E-state index in [1.165, 1.54) is 11.6 Å². The molecule has 0 fully saturated rings. The molecule has 206 valence electrons. The summed E-state index contributed by atoms with van der Waals surface area (Å²) in [6.45, 7) is 4.09. The van der Waals surface area contributed by atoms with Gasteiger partial charge in [-0.05, 0) is 60.9 Å². The van der Waals surface area contributed by atoms with Gasteiger partial charge in [-0.2, -0.15) is 5.10 Å². The molecular weight excluding hydrogens is 526 g/mol. The molecule has 0 bridgehead atoms. The van der Waals surface area contributed by atoms with Gasteiger partial charge in [0.1, 0.15) is 0 Å². The second-order valence-electron chi connectivity index (χ2n) is 10.3. The van der Waals surface area contributed by atoms with Gasteiger partial charge < -0.3 is 10.2 Å². The van der Waals surface area contributed by atoms with Gasteiger partial charge in [-0.15, -0.1) is 0 Å². The fraction of sp³-hybridized carbons (Fsp3) is 0.121. The van der Waals surface area contributed by atoms with Crippen molar-refractivity contribution >= 4 is 40.2 Å². The zero-order valence-corrected chi connectivity index (χ0v) is 23.1. The Kier molecular flexibility index (Phi) is 6.12. The fourth-order valence-electron chi connectivity index (χ4n) is 5.63. The van der Waals surface area contributed by atoms with Crippen molar-refractivity contribution in [2.45, 2.75) is 26.3 Å². The number of amidine groups is 2. The Morgan fingerprint density at radius 1 is 0.905 bits per heavy atom. The average molecular weight is 554 g/mol. The maximum Gasteiger partial charge on any atom is 0.269 e. The molecule has 42 heavy (non-hydrogen) atoms. The number of aromatic nitrogens is 2. The molecule has 0 saturated heterocycles. The van der Waals surface area contributed by atoms with Gasteiger partial charge in [0.15, 0.2) is 17.5 Å². The number of hydrogen-bond donors (Lipinski definition) is 1. The number of nitrogens with zero attached hydrogens (tertiary/aromatic N) is 6. The van der Waals surface area contributed by atoms with Crippen LogP contribution in [-0.2, 0) is 6.42 Å². The summed E-state index contributed by atoms with van der Waals surface area (Å²) in [6.07, 6.45) is 0.950. The van der Waals surface area contributed by atoms with Crippen molar-refractivity contribution < 1.29 is 4.92 Å². The first-order chi connectivity index (χ1) is 20.5. The first-order valence-corrected chi connectivity index (χ1v) is 13.8. The van der Waals surface area contributed by atoms with E-state index in [0.29, 0.717) is 17.5 Å². The molecule has 9 heteroatoms. The van der Waals surface area contributed by atoms with Crippen molar-refractivity contribution in [1.82, 2.24) is 9.78 Å². The van der Waals surface area contributed by atoms with Crippen LogP contribution in [0.3, 0.4) is 0 Å². The molecule has 0 saturated carbocycles. The number of anilines is 2. The first kappa shape index (κ1) is 25.4. The Bertz CT molecular complexity index is 1890. The summed E-state index contributed by atoms with van der Waals surface area (Å²) in [5.41, 5.74) is 7.09. The summed E-state index contributed by atoms with van der Waals surface area (Å²) in [4.78, 5) is 23.8. The van der Waals surface area contributed by atoms with E-state index in [1.807, 2.05) is 84.4 Å². The number of nitro benzene ring substituents is 1. The molecule has 5 aromatic rings. The quantitative estimate of drug-likeness (QED) is 0.180. The first-order valence-electron chi connectivity index (χ1n) is 13.8. The highest BCUT2D eigenvalue weighted by Crippen LogP contribution is 2.48. The number of non-ortho nitro benzene ring substituents is 1. The molecule has 3 heterocycles. The molecule has 0 amide bonds. The maximum atomic E-state index is 11.8. The van der Waals surface area contributed by atoms with Gasteiger partial charge in [-0.25, -0.2) is 14.7 Å². The number of rotatable bonds is 5. The zero-order valence-electron chi connectivity index (χ0n) is 23.1. The van der Waals surface area contributed by atoms with Crippen LogP contribution in [0, 0.1) is 17.0 Å². The van der Waals surface area contributed by atoms with Gasteiger partial charge in [0.05, 0.1) is 33.7 Å². The summed E-state index contributed by atoms with van der Waals surface area (Å²) >= 11 is 0. The summed E-state index contributed by atoms with van der Waals surface area (Å²) in [7, 11) is 0. The third-order valence-corrected chi connectivity index (χ3v) is 7.66. The van der Waals surface area contributed by atoms with E-state index in [4.69, 9.17) is 15.1 Å². The van der Waals surface area contributed by atoms with E-state index in [2.05, 4.69) is 29.3 Å². The van der Waals surface area contributed by atoms with Crippen LogP contribution >= 0.6 is 0 Å². The number of para-hydroxylation sites is 3. The van der Waals surface area contributed by atoms with Crippen molar-refractivity contribution in [2.24, 2.45) is 9.98 Å². The number of hydrogen-bond acceptors (Lipinski definition) is 7. The topological polar surface area (TPSA) is 101 Å². The zero-order chi connectivity index (χ0) is 28.8. The van der Waals surface area contributed by atoms with Gasteiger partial charge in [0, 0.05) is 23.4 Å². The Balaban J connectivity index is 1.48. The van der Waals surface area contributed by atoms with Crippen molar-refractivity contribution in [3.63, 3.8) is 0 Å². The molecule has 1 aromatic heterocycles. The fourth-order valence-corrected chi connectivity index (χ4v) is 5.63. The molecular formula is C33H27N7O2. The predicted octanol–water partition coefficient (Wildman–Crippen LogP) is 7.45. The van der Waals surface area contributed by atoms with E-state index >= 15 is 0 Å². The molecule has 0 radical (unpaired) electrons. The van der Waals surface area contributed by atoms with Crippen molar-refractivity contribution in [3.05, 3.63) is 136 Å². The molecule has 1 atom stereocenters. The highest BCUT2D eigenvalue weighted by Gasteiger charge is 2.41. The lowest BCUT2D eigenvalue weighted by Crippen LogP contribution is -2.46. The molecule has 1 N–H and O–H groups in total. The Labute approximate surface area is 242 Å². The van der Waals surface area contributed by atoms with Crippen molar-refractivity contribution in [2.75, 3.05) is 10.2 Å². The molecule has 9 nitrogen and oxygen atoms in total. The van der Waals surface area contributed by atoms with Crippen molar-refractivity contribution in [1.29, 1.82) is 0 Å². The van der Waals surface area contributed by atoms with E-state index in [9.17, 15) is 10.1 Å². The van der Waals surface area contributed by atoms with Gasteiger partial charge >= 0.3 is 0 Å². The van der Waals surface area contributed by atoms with Gasteiger partial charge in [-0.3, -0.25) is 10.1 Å². The molecule has 4 aromatic carbocycles. The van der Waals surface area contributed by atoms with E-state index in [-0.39, 0.29) is 10.6 Å². The van der Waals surface area contributed by atoms with Gasteiger partial charge in [0.25, 0.3) is 5.69 Å². The third kappa shape index (κ3) is 4.23. The van der Waals surface area contributed by atoms with Crippen LogP contribution < -0.4 is 10.2 Å². The minimum Gasteiger partial charge on any atom is -0.337 e.